The molecule has 3 nitrogen and oxygen atoms in total. The average molecular weight is 276 g/mol. The molecule has 2 aromatic rings. The molecule has 0 radical (unpaired) electrons. The summed E-state index contributed by atoms with van der Waals surface area (Å²) in [5.74, 6) is 0.890. The average Bonchev–Trinajstić information content (AvgIpc) is 2.85. The van der Waals surface area contributed by atoms with Gasteiger partial charge in [-0.3, -0.25) is 0 Å². The summed E-state index contributed by atoms with van der Waals surface area (Å²) in [6.45, 7) is 6.10. The summed E-state index contributed by atoms with van der Waals surface area (Å²) in [5, 5.41) is 9.59. The maximum atomic E-state index is 9.59. The van der Waals surface area contributed by atoms with Crippen molar-refractivity contribution in [2.75, 3.05) is 0 Å². The summed E-state index contributed by atoms with van der Waals surface area (Å²) >= 11 is 1.77. The second-order valence-electron chi connectivity index (χ2n) is 4.92. The molecule has 0 fully saturated rings. The maximum Gasteiger partial charge on any atom is 0.0950 e. The smallest absolute Gasteiger partial charge is 0.0950 e. The van der Waals surface area contributed by atoms with Crippen LogP contribution in [0.25, 0.3) is 0 Å². The number of hydrogen-bond acceptors (Lipinski definition) is 3. The molecule has 19 heavy (non-hydrogen) atoms. The topological polar surface area (TPSA) is 38.1 Å². The fourth-order valence-electron chi connectivity index (χ4n) is 1.93. The molecule has 0 aliphatic heterocycles. The van der Waals surface area contributed by atoms with E-state index >= 15 is 0 Å². The molecule has 0 spiro atoms. The van der Waals surface area contributed by atoms with Crippen molar-refractivity contribution in [3.63, 3.8) is 0 Å². The zero-order valence-electron chi connectivity index (χ0n) is 11.6. The van der Waals surface area contributed by atoms with Crippen LogP contribution in [-0.4, -0.2) is 14.7 Å². The predicted octanol–water partition coefficient (Wildman–Crippen LogP) is 3.81. The van der Waals surface area contributed by atoms with E-state index in [4.69, 9.17) is 0 Å². The largest absolute Gasteiger partial charge is 0.389 e. The van der Waals surface area contributed by atoms with Crippen molar-refractivity contribution in [2.45, 2.75) is 43.6 Å². The highest BCUT2D eigenvalue weighted by atomic mass is 32.2. The Kier molecular flexibility index (Phi) is 4.66. The molecule has 1 N–H and O–H groups in total. The van der Waals surface area contributed by atoms with Crippen molar-refractivity contribution in [2.24, 2.45) is 0 Å². The molecule has 0 aliphatic rings. The minimum absolute atomic E-state index is 0.415. The van der Waals surface area contributed by atoms with Gasteiger partial charge in [0.15, 0.2) is 0 Å². The highest BCUT2D eigenvalue weighted by Gasteiger charge is 2.07. The number of imidazole rings is 1. The molecule has 1 aromatic heterocycles. The Morgan fingerprint density at radius 1 is 1.32 bits per heavy atom. The molecular weight excluding hydrogens is 256 g/mol. The summed E-state index contributed by atoms with van der Waals surface area (Å²) < 4.78 is 2.19. The zero-order valence-corrected chi connectivity index (χ0v) is 12.4. The van der Waals surface area contributed by atoms with E-state index in [1.165, 1.54) is 10.6 Å². The first-order chi connectivity index (χ1) is 9.08. The third kappa shape index (κ3) is 3.61. The first kappa shape index (κ1) is 14.2. The number of nitrogens with zero attached hydrogens (tertiary/aromatic N) is 2. The fourth-order valence-corrected chi connectivity index (χ4v) is 2.86. The van der Waals surface area contributed by atoms with Gasteiger partial charge in [-0.15, -0.1) is 11.8 Å². The van der Waals surface area contributed by atoms with Gasteiger partial charge in [0.25, 0.3) is 0 Å². The Morgan fingerprint density at radius 3 is 2.79 bits per heavy atom. The molecule has 0 aliphatic carbocycles. The molecule has 1 unspecified atom stereocenters. The number of rotatable bonds is 5. The second kappa shape index (κ2) is 6.26. The number of benzene rings is 1. The van der Waals surface area contributed by atoms with E-state index in [1.54, 1.807) is 18.7 Å². The highest BCUT2D eigenvalue weighted by molar-refractivity contribution is 7.98. The lowest BCUT2D eigenvalue weighted by atomic mass is 10.1. The minimum Gasteiger partial charge on any atom is -0.389 e. The number of thioether (sulfide) groups is 1. The van der Waals surface area contributed by atoms with Crippen LogP contribution in [0.15, 0.2) is 41.7 Å². The van der Waals surface area contributed by atoms with Gasteiger partial charge in [-0.1, -0.05) is 12.1 Å². The van der Waals surface area contributed by atoms with Crippen molar-refractivity contribution in [3.8, 4) is 0 Å². The summed E-state index contributed by atoms with van der Waals surface area (Å²) in [7, 11) is 0. The number of aromatic nitrogens is 2. The van der Waals surface area contributed by atoms with Crippen LogP contribution in [0.5, 0.6) is 0 Å². The quantitative estimate of drug-likeness (QED) is 0.844. The van der Waals surface area contributed by atoms with Crippen LogP contribution in [0.4, 0.5) is 0 Å². The Morgan fingerprint density at radius 2 is 2.11 bits per heavy atom. The molecule has 1 heterocycles. The first-order valence-corrected chi connectivity index (χ1v) is 7.48. The number of aliphatic hydroxyl groups excluding tert-OH is 1. The third-order valence-electron chi connectivity index (χ3n) is 3.03. The fraction of sp³-hybridized carbons (Fsp3) is 0.400. The zero-order chi connectivity index (χ0) is 13.8. The minimum atomic E-state index is -0.415. The number of aliphatic hydroxyl groups is 1. The Hall–Kier alpha value is -1.26. The summed E-state index contributed by atoms with van der Waals surface area (Å²) in [6.07, 6.45) is 3.39. The summed E-state index contributed by atoms with van der Waals surface area (Å²) in [6, 6.07) is 8.50. The van der Waals surface area contributed by atoms with E-state index in [1.807, 2.05) is 30.7 Å². The SMILES string of the molecule is CC(O)c1cccc(SCc2cncn2C(C)C)c1. The summed E-state index contributed by atoms with van der Waals surface area (Å²) in [5.41, 5.74) is 2.19. The predicted molar refractivity (Wildman–Crippen MR) is 79.2 cm³/mol. The second-order valence-corrected chi connectivity index (χ2v) is 5.97. The number of hydrogen-bond donors (Lipinski definition) is 1. The molecule has 0 amide bonds. The standard InChI is InChI=1S/C15H20N2OS/c1-11(2)17-10-16-8-14(17)9-19-15-6-4-5-13(7-15)12(3)18/h4-8,10-12,18H,9H2,1-3H3. The monoisotopic (exact) mass is 276 g/mol. The Balaban J connectivity index is 2.06. The lowest BCUT2D eigenvalue weighted by molar-refractivity contribution is 0.199. The van der Waals surface area contributed by atoms with E-state index in [0.29, 0.717) is 6.04 Å². The lowest BCUT2D eigenvalue weighted by Gasteiger charge is -2.12. The molecule has 1 atom stereocenters. The molecule has 0 bridgehead atoms. The van der Waals surface area contributed by atoms with Gasteiger partial charge >= 0.3 is 0 Å². The molecule has 0 saturated carbocycles. The van der Waals surface area contributed by atoms with Gasteiger partial charge in [0.1, 0.15) is 0 Å². The van der Waals surface area contributed by atoms with Crippen LogP contribution in [0.2, 0.25) is 0 Å². The van der Waals surface area contributed by atoms with Crippen LogP contribution in [0.3, 0.4) is 0 Å². The molecule has 2 rings (SSSR count). The van der Waals surface area contributed by atoms with Crippen LogP contribution in [0, 0.1) is 0 Å². The van der Waals surface area contributed by atoms with E-state index in [9.17, 15) is 5.11 Å². The van der Waals surface area contributed by atoms with Gasteiger partial charge in [0.2, 0.25) is 0 Å². The normalized spacial score (nSPS) is 12.9. The van der Waals surface area contributed by atoms with Gasteiger partial charge in [-0.25, -0.2) is 4.98 Å². The van der Waals surface area contributed by atoms with Crippen molar-refractivity contribution in [1.82, 2.24) is 9.55 Å². The highest BCUT2D eigenvalue weighted by Crippen LogP contribution is 2.26. The maximum absolute atomic E-state index is 9.59. The molecule has 0 saturated heterocycles. The molecule has 1 aromatic carbocycles. The van der Waals surface area contributed by atoms with Gasteiger partial charge in [-0.05, 0) is 38.5 Å². The van der Waals surface area contributed by atoms with Gasteiger partial charge in [-0.2, -0.15) is 0 Å². The van der Waals surface area contributed by atoms with Crippen molar-refractivity contribution in [3.05, 3.63) is 48.0 Å². The van der Waals surface area contributed by atoms with E-state index < -0.39 is 6.10 Å². The summed E-state index contributed by atoms with van der Waals surface area (Å²) in [4.78, 5) is 5.39. The van der Waals surface area contributed by atoms with Crippen LogP contribution in [-0.2, 0) is 5.75 Å². The van der Waals surface area contributed by atoms with Crippen LogP contribution >= 0.6 is 11.8 Å². The molecular formula is C15H20N2OS. The van der Waals surface area contributed by atoms with Crippen molar-refractivity contribution in [1.29, 1.82) is 0 Å². The molecule has 102 valence electrons. The van der Waals surface area contributed by atoms with Crippen molar-refractivity contribution < 1.29 is 5.11 Å². The van der Waals surface area contributed by atoms with Crippen LogP contribution in [0.1, 0.15) is 44.2 Å². The van der Waals surface area contributed by atoms with Crippen molar-refractivity contribution >= 4 is 11.8 Å². The van der Waals surface area contributed by atoms with E-state index in [-0.39, 0.29) is 0 Å². The van der Waals surface area contributed by atoms with E-state index in [0.717, 1.165) is 11.3 Å². The molecule has 4 heteroatoms. The Labute approximate surface area is 118 Å². The van der Waals surface area contributed by atoms with Crippen LogP contribution < -0.4 is 0 Å². The van der Waals surface area contributed by atoms with E-state index in [2.05, 4.69) is 29.5 Å². The van der Waals surface area contributed by atoms with Gasteiger partial charge in [0.05, 0.1) is 12.4 Å². The first-order valence-electron chi connectivity index (χ1n) is 6.49. The Bertz CT molecular complexity index is 534. The third-order valence-corrected chi connectivity index (χ3v) is 4.06. The van der Waals surface area contributed by atoms with Gasteiger partial charge in [0, 0.05) is 28.6 Å². The van der Waals surface area contributed by atoms with Gasteiger partial charge < -0.3 is 9.67 Å². The lowest BCUT2D eigenvalue weighted by Crippen LogP contribution is -2.02.